The zero-order valence-corrected chi connectivity index (χ0v) is 13.3. The van der Waals surface area contributed by atoms with Crippen LogP contribution in [0.25, 0.3) is 27.6 Å². The van der Waals surface area contributed by atoms with Crippen LogP contribution < -0.4 is 11.5 Å². The second-order valence-corrected chi connectivity index (χ2v) is 5.61. The third-order valence-electron chi connectivity index (χ3n) is 4.03. The van der Waals surface area contributed by atoms with Gasteiger partial charge in [0, 0.05) is 22.5 Å². The van der Waals surface area contributed by atoms with E-state index in [9.17, 15) is 4.79 Å². The van der Waals surface area contributed by atoms with Crippen molar-refractivity contribution in [2.24, 2.45) is 16.5 Å². The number of rotatable bonds is 2. The molecule has 1 amide bonds. The molecular weight excluding hydrogens is 314 g/mol. The van der Waals surface area contributed by atoms with Crippen molar-refractivity contribution in [3.8, 4) is 5.82 Å². The highest BCUT2D eigenvalue weighted by molar-refractivity contribution is 6.12. The number of fused-ring (bicyclic) bond motifs is 3. The van der Waals surface area contributed by atoms with Crippen LogP contribution in [-0.4, -0.2) is 21.4 Å². The largest absolute Gasteiger partial charge is 0.370 e. The number of nitrogens with zero attached hydrogens (tertiary/aromatic N) is 3. The maximum Gasteiger partial charge on any atom is 0.280 e. The quantitative estimate of drug-likeness (QED) is 0.436. The molecule has 0 spiro atoms. The van der Waals surface area contributed by atoms with E-state index in [1.165, 1.54) is 0 Å². The molecule has 0 atom stereocenters. The molecule has 0 aliphatic heterocycles. The molecule has 0 radical (unpaired) electrons. The maximum absolute atomic E-state index is 12.2. The summed E-state index contributed by atoms with van der Waals surface area (Å²) in [7, 11) is 0. The van der Waals surface area contributed by atoms with E-state index in [4.69, 9.17) is 11.5 Å². The Morgan fingerprint density at radius 1 is 0.920 bits per heavy atom. The zero-order chi connectivity index (χ0) is 17.4. The lowest BCUT2D eigenvalue weighted by atomic mass is 10.1. The minimum absolute atomic E-state index is 0.254. The van der Waals surface area contributed by atoms with Crippen molar-refractivity contribution in [2.75, 3.05) is 0 Å². The molecular formula is C19H15N5O. The Morgan fingerprint density at radius 3 is 2.44 bits per heavy atom. The van der Waals surface area contributed by atoms with Gasteiger partial charge in [-0.1, -0.05) is 30.3 Å². The molecule has 25 heavy (non-hydrogen) atoms. The van der Waals surface area contributed by atoms with Crippen LogP contribution in [0, 0.1) is 0 Å². The average molecular weight is 329 g/mol. The minimum atomic E-state index is -0.472. The SMILES string of the molecule is NC(N)=NC(=O)c1ccc2c3ccccc3n(-c3ccccn3)c2c1. The van der Waals surface area contributed by atoms with E-state index in [0.29, 0.717) is 5.56 Å². The molecule has 6 heteroatoms. The van der Waals surface area contributed by atoms with Crippen molar-refractivity contribution < 1.29 is 4.79 Å². The Hall–Kier alpha value is -3.67. The third-order valence-corrected chi connectivity index (χ3v) is 4.03. The monoisotopic (exact) mass is 329 g/mol. The molecule has 4 aromatic rings. The van der Waals surface area contributed by atoms with Gasteiger partial charge in [0.1, 0.15) is 5.82 Å². The summed E-state index contributed by atoms with van der Waals surface area (Å²) in [5.74, 6) is 0.0511. The number of pyridine rings is 1. The number of guanidine groups is 1. The Labute approximate surface area is 143 Å². The highest BCUT2D eigenvalue weighted by Crippen LogP contribution is 2.31. The number of carbonyl (C=O) groups is 1. The normalized spacial score (nSPS) is 10.9. The van der Waals surface area contributed by atoms with Gasteiger partial charge in [0.2, 0.25) is 0 Å². The molecule has 122 valence electrons. The lowest BCUT2D eigenvalue weighted by Crippen LogP contribution is -2.24. The van der Waals surface area contributed by atoms with Gasteiger partial charge in [-0.2, -0.15) is 4.99 Å². The third kappa shape index (κ3) is 2.49. The Bertz CT molecular complexity index is 1120. The highest BCUT2D eigenvalue weighted by Gasteiger charge is 2.15. The number of para-hydroxylation sites is 1. The molecule has 0 aliphatic carbocycles. The molecule has 0 aliphatic rings. The van der Waals surface area contributed by atoms with Gasteiger partial charge in [-0.05, 0) is 30.3 Å². The second kappa shape index (κ2) is 5.76. The van der Waals surface area contributed by atoms with E-state index in [0.717, 1.165) is 27.6 Å². The Kier molecular flexibility index (Phi) is 3.43. The Balaban J connectivity index is 2.06. The number of amides is 1. The van der Waals surface area contributed by atoms with Crippen LogP contribution in [0.3, 0.4) is 0 Å². The number of aromatic nitrogens is 2. The van der Waals surface area contributed by atoms with Gasteiger partial charge in [-0.15, -0.1) is 0 Å². The van der Waals surface area contributed by atoms with E-state index in [2.05, 4.69) is 16.0 Å². The smallest absolute Gasteiger partial charge is 0.280 e. The molecule has 2 heterocycles. The minimum Gasteiger partial charge on any atom is -0.370 e. The van der Waals surface area contributed by atoms with Crippen LogP contribution in [0.5, 0.6) is 0 Å². The van der Waals surface area contributed by atoms with Crippen LogP contribution in [0.1, 0.15) is 10.4 Å². The fraction of sp³-hybridized carbons (Fsp3) is 0. The van der Waals surface area contributed by atoms with Crippen molar-refractivity contribution in [1.29, 1.82) is 0 Å². The van der Waals surface area contributed by atoms with Gasteiger partial charge in [0.15, 0.2) is 5.96 Å². The van der Waals surface area contributed by atoms with Crippen LogP contribution in [0.4, 0.5) is 0 Å². The van der Waals surface area contributed by atoms with E-state index < -0.39 is 5.91 Å². The summed E-state index contributed by atoms with van der Waals surface area (Å²) >= 11 is 0. The lowest BCUT2D eigenvalue weighted by molar-refractivity contribution is 0.100. The first-order valence-corrected chi connectivity index (χ1v) is 7.74. The number of benzene rings is 2. The second-order valence-electron chi connectivity index (χ2n) is 5.61. The van der Waals surface area contributed by atoms with Crippen molar-refractivity contribution in [2.45, 2.75) is 0 Å². The summed E-state index contributed by atoms with van der Waals surface area (Å²) in [6.45, 7) is 0. The van der Waals surface area contributed by atoms with Gasteiger partial charge in [0.25, 0.3) is 5.91 Å². The van der Waals surface area contributed by atoms with Gasteiger partial charge < -0.3 is 11.5 Å². The number of carbonyl (C=O) groups excluding carboxylic acids is 1. The molecule has 0 unspecified atom stereocenters. The fourth-order valence-electron chi connectivity index (χ4n) is 3.02. The van der Waals surface area contributed by atoms with E-state index in [1.807, 2.05) is 47.0 Å². The van der Waals surface area contributed by atoms with Crippen LogP contribution in [0.15, 0.2) is 71.9 Å². The molecule has 4 rings (SSSR count). The summed E-state index contributed by atoms with van der Waals surface area (Å²) in [6.07, 6.45) is 1.74. The lowest BCUT2D eigenvalue weighted by Gasteiger charge is -2.06. The van der Waals surface area contributed by atoms with Crippen molar-refractivity contribution in [1.82, 2.24) is 9.55 Å². The van der Waals surface area contributed by atoms with Gasteiger partial charge in [0.05, 0.1) is 11.0 Å². The summed E-state index contributed by atoms with van der Waals surface area (Å²) in [5, 5.41) is 2.12. The molecule has 6 nitrogen and oxygen atoms in total. The van der Waals surface area contributed by atoms with Gasteiger partial charge in [-0.25, -0.2) is 4.98 Å². The first-order chi connectivity index (χ1) is 12.1. The summed E-state index contributed by atoms with van der Waals surface area (Å²) in [6, 6.07) is 19.2. The molecule has 0 bridgehead atoms. The Morgan fingerprint density at radius 2 is 1.68 bits per heavy atom. The van der Waals surface area contributed by atoms with Crippen molar-refractivity contribution >= 4 is 33.7 Å². The predicted octanol–water partition coefficient (Wildman–Crippen LogP) is 2.59. The summed E-state index contributed by atoms with van der Waals surface area (Å²) in [4.78, 5) is 20.3. The van der Waals surface area contributed by atoms with E-state index >= 15 is 0 Å². The number of nitrogens with two attached hydrogens (primary N) is 2. The van der Waals surface area contributed by atoms with E-state index in [1.54, 1.807) is 18.3 Å². The topological polar surface area (TPSA) is 99.3 Å². The summed E-state index contributed by atoms with van der Waals surface area (Å²) in [5.41, 5.74) is 12.9. The first kappa shape index (κ1) is 14.9. The first-order valence-electron chi connectivity index (χ1n) is 7.74. The average Bonchev–Trinajstić information content (AvgIpc) is 2.95. The molecule has 4 N–H and O–H groups in total. The highest BCUT2D eigenvalue weighted by atomic mass is 16.1. The fourth-order valence-corrected chi connectivity index (χ4v) is 3.02. The van der Waals surface area contributed by atoms with Crippen molar-refractivity contribution in [3.63, 3.8) is 0 Å². The molecule has 2 aromatic heterocycles. The van der Waals surface area contributed by atoms with E-state index in [-0.39, 0.29) is 5.96 Å². The van der Waals surface area contributed by atoms with Gasteiger partial charge in [-0.3, -0.25) is 9.36 Å². The molecule has 0 fully saturated rings. The van der Waals surface area contributed by atoms with Crippen molar-refractivity contribution in [3.05, 3.63) is 72.4 Å². The zero-order valence-electron chi connectivity index (χ0n) is 13.3. The summed E-state index contributed by atoms with van der Waals surface area (Å²) < 4.78 is 2.02. The molecule has 2 aromatic carbocycles. The molecule has 0 saturated carbocycles. The predicted molar refractivity (Wildman–Crippen MR) is 98.7 cm³/mol. The maximum atomic E-state index is 12.2. The number of hydrogen-bond donors (Lipinski definition) is 2. The van der Waals surface area contributed by atoms with Crippen LogP contribution >= 0.6 is 0 Å². The molecule has 0 saturated heterocycles. The van der Waals surface area contributed by atoms with Gasteiger partial charge >= 0.3 is 0 Å². The number of hydrogen-bond acceptors (Lipinski definition) is 2. The standard InChI is InChI=1S/C19H15N5O/c20-19(21)23-18(25)12-8-9-14-13-5-1-2-6-15(13)24(16(14)11-12)17-7-3-4-10-22-17/h1-11H,(H4,20,21,23,25). The van der Waals surface area contributed by atoms with Crippen LogP contribution in [0.2, 0.25) is 0 Å². The van der Waals surface area contributed by atoms with Crippen LogP contribution in [-0.2, 0) is 0 Å². The number of aliphatic imine (C=N–C) groups is 1.